The molecule has 2 rings (SSSR count). The molecule has 1 atom stereocenters. The maximum atomic E-state index is 2.30. The van der Waals surface area contributed by atoms with Crippen LogP contribution in [0.1, 0.15) is 31.4 Å². The summed E-state index contributed by atoms with van der Waals surface area (Å²) in [5.74, 6) is 0.685. The zero-order valence-electron chi connectivity index (χ0n) is 9.75. The van der Waals surface area contributed by atoms with Crippen LogP contribution in [0, 0.1) is 12.8 Å². The zero-order valence-corrected chi connectivity index (χ0v) is 9.75. The van der Waals surface area contributed by atoms with E-state index in [9.17, 15) is 0 Å². The van der Waals surface area contributed by atoms with E-state index < -0.39 is 0 Å². The van der Waals surface area contributed by atoms with Gasteiger partial charge in [0.1, 0.15) is 0 Å². The molecule has 78 valence electrons. The Labute approximate surface area is 92.3 Å². The van der Waals surface area contributed by atoms with Gasteiger partial charge in [0, 0.05) is 0 Å². The topological polar surface area (TPSA) is 0 Å². The lowest BCUT2D eigenvalue weighted by Gasteiger charge is -2.20. The zero-order chi connectivity index (χ0) is 10.8. The SMILES string of the molecule is CC1=C(c2ccccc2C)C=CCC1C. The first-order valence-electron chi connectivity index (χ1n) is 5.63. The van der Waals surface area contributed by atoms with Gasteiger partial charge in [0.15, 0.2) is 0 Å². The minimum absolute atomic E-state index is 0.685. The molecule has 0 radical (unpaired) electrons. The molecule has 1 aliphatic rings. The predicted molar refractivity (Wildman–Crippen MR) is 66.7 cm³/mol. The molecule has 0 aromatic heterocycles. The summed E-state index contributed by atoms with van der Waals surface area (Å²) in [6.45, 7) is 6.75. The highest BCUT2D eigenvalue weighted by Gasteiger charge is 2.13. The van der Waals surface area contributed by atoms with Crippen LogP contribution in [-0.4, -0.2) is 0 Å². The van der Waals surface area contributed by atoms with Gasteiger partial charge < -0.3 is 0 Å². The summed E-state index contributed by atoms with van der Waals surface area (Å²) in [4.78, 5) is 0. The molecule has 0 heteroatoms. The Morgan fingerprint density at radius 3 is 2.60 bits per heavy atom. The third-order valence-corrected chi connectivity index (χ3v) is 3.37. The molecule has 0 bridgehead atoms. The minimum Gasteiger partial charge on any atom is -0.0833 e. The summed E-state index contributed by atoms with van der Waals surface area (Å²) in [6.07, 6.45) is 5.75. The molecule has 0 aliphatic heterocycles. The quantitative estimate of drug-likeness (QED) is 0.628. The number of hydrogen-bond acceptors (Lipinski definition) is 0. The lowest BCUT2D eigenvalue weighted by atomic mass is 9.85. The van der Waals surface area contributed by atoms with Gasteiger partial charge in [0.05, 0.1) is 0 Å². The summed E-state index contributed by atoms with van der Waals surface area (Å²) in [5, 5.41) is 0. The molecule has 1 aromatic rings. The summed E-state index contributed by atoms with van der Waals surface area (Å²) in [5.41, 5.74) is 5.70. The number of aryl methyl sites for hydroxylation is 1. The minimum atomic E-state index is 0.685. The van der Waals surface area contributed by atoms with E-state index in [1.54, 1.807) is 0 Å². The number of rotatable bonds is 1. The normalized spacial score (nSPS) is 20.9. The molecule has 15 heavy (non-hydrogen) atoms. The Hall–Kier alpha value is -1.30. The molecule has 0 nitrogen and oxygen atoms in total. The van der Waals surface area contributed by atoms with Gasteiger partial charge in [-0.25, -0.2) is 0 Å². The molecule has 0 N–H and O–H groups in total. The molecular weight excluding hydrogens is 180 g/mol. The average Bonchev–Trinajstić information content (AvgIpc) is 2.23. The number of benzene rings is 1. The summed E-state index contributed by atoms with van der Waals surface area (Å²) in [7, 11) is 0. The van der Waals surface area contributed by atoms with Crippen molar-refractivity contribution in [1.29, 1.82) is 0 Å². The summed E-state index contributed by atoms with van der Waals surface area (Å²) in [6, 6.07) is 8.62. The van der Waals surface area contributed by atoms with Crippen molar-refractivity contribution < 1.29 is 0 Å². The molecule has 0 spiro atoms. The molecule has 0 amide bonds. The van der Waals surface area contributed by atoms with Crippen molar-refractivity contribution in [2.45, 2.75) is 27.2 Å². The van der Waals surface area contributed by atoms with Gasteiger partial charge in [-0.2, -0.15) is 0 Å². The van der Waals surface area contributed by atoms with Crippen molar-refractivity contribution in [3.63, 3.8) is 0 Å². The van der Waals surface area contributed by atoms with Gasteiger partial charge in [-0.1, -0.05) is 48.9 Å². The number of allylic oxidation sites excluding steroid dienone is 4. The smallest absolute Gasteiger partial charge is 0.0155 e. The summed E-state index contributed by atoms with van der Waals surface area (Å²) < 4.78 is 0. The van der Waals surface area contributed by atoms with Crippen LogP contribution in [0.5, 0.6) is 0 Å². The first-order valence-corrected chi connectivity index (χ1v) is 5.63. The lowest BCUT2D eigenvalue weighted by Crippen LogP contribution is -2.03. The highest BCUT2D eigenvalue weighted by molar-refractivity contribution is 5.79. The second-order valence-electron chi connectivity index (χ2n) is 4.45. The van der Waals surface area contributed by atoms with E-state index >= 15 is 0 Å². The second-order valence-corrected chi connectivity index (χ2v) is 4.45. The first-order chi connectivity index (χ1) is 7.20. The molecule has 1 unspecified atom stereocenters. The molecule has 0 saturated heterocycles. The maximum Gasteiger partial charge on any atom is -0.0155 e. The third kappa shape index (κ3) is 1.90. The monoisotopic (exact) mass is 198 g/mol. The second kappa shape index (κ2) is 4.06. The van der Waals surface area contributed by atoms with Crippen LogP contribution in [0.4, 0.5) is 0 Å². The van der Waals surface area contributed by atoms with E-state index in [2.05, 4.69) is 57.2 Å². The van der Waals surface area contributed by atoms with E-state index in [0.29, 0.717) is 5.92 Å². The highest BCUT2D eigenvalue weighted by atomic mass is 14.2. The van der Waals surface area contributed by atoms with Crippen LogP contribution >= 0.6 is 0 Å². The standard InChI is InChI=1S/C15H18/c1-11-8-6-10-15(13(11)3)14-9-5-4-7-12(14)2/h4-7,9-11H,8H2,1-3H3. The van der Waals surface area contributed by atoms with Crippen molar-refractivity contribution in [3.8, 4) is 0 Å². The van der Waals surface area contributed by atoms with Gasteiger partial charge >= 0.3 is 0 Å². The fourth-order valence-corrected chi connectivity index (χ4v) is 2.14. The molecular formula is C15H18. The summed E-state index contributed by atoms with van der Waals surface area (Å²) >= 11 is 0. The van der Waals surface area contributed by atoms with E-state index in [1.165, 1.54) is 28.7 Å². The molecule has 0 saturated carbocycles. The average molecular weight is 198 g/mol. The maximum absolute atomic E-state index is 2.30. The van der Waals surface area contributed by atoms with Crippen molar-refractivity contribution >= 4 is 5.57 Å². The van der Waals surface area contributed by atoms with Gasteiger partial charge in [0.25, 0.3) is 0 Å². The van der Waals surface area contributed by atoms with E-state index in [0.717, 1.165) is 0 Å². The van der Waals surface area contributed by atoms with Gasteiger partial charge in [0.2, 0.25) is 0 Å². The third-order valence-electron chi connectivity index (χ3n) is 3.37. The molecule has 0 heterocycles. The Kier molecular flexibility index (Phi) is 2.77. The fraction of sp³-hybridized carbons (Fsp3) is 0.333. The van der Waals surface area contributed by atoms with Gasteiger partial charge in [-0.3, -0.25) is 0 Å². The van der Waals surface area contributed by atoms with Crippen molar-refractivity contribution in [2.75, 3.05) is 0 Å². The Bertz CT molecular complexity index is 421. The van der Waals surface area contributed by atoms with Crippen molar-refractivity contribution in [3.05, 3.63) is 53.1 Å². The number of hydrogen-bond donors (Lipinski definition) is 0. The Balaban J connectivity index is 2.52. The van der Waals surface area contributed by atoms with E-state index in [4.69, 9.17) is 0 Å². The first kappa shape index (κ1) is 10.2. The van der Waals surface area contributed by atoms with Crippen LogP contribution in [-0.2, 0) is 0 Å². The van der Waals surface area contributed by atoms with Crippen LogP contribution in [0.15, 0.2) is 42.0 Å². The van der Waals surface area contributed by atoms with Crippen LogP contribution in [0.3, 0.4) is 0 Å². The van der Waals surface area contributed by atoms with E-state index in [-0.39, 0.29) is 0 Å². The van der Waals surface area contributed by atoms with E-state index in [1.807, 2.05) is 0 Å². The molecule has 1 aromatic carbocycles. The fourth-order valence-electron chi connectivity index (χ4n) is 2.14. The van der Waals surface area contributed by atoms with Crippen LogP contribution in [0.25, 0.3) is 5.57 Å². The van der Waals surface area contributed by atoms with Gasteiger partial charge in [-0.15, -0.1) is 0 Å². The largest absolute Gasteiger partial charge is 0.0833 e. The highest BCUT2D eigenvalue weighted by Crippen LogP contribution is 2.32. The van der Waals surface area contributed by atoms with Crippen LogP contribution < -0.4 is 0 Å². The predicted octanol–water partition coefficient (Wildman–Crippen LogP) is 4.36. The molecule has 1 aliphatic carbocycles. The Morgan fingerprint density at radius 2 is 1.87 bits per heavy atom. The van der Waals surface area contributed by atoms with Crippen molar-refractivity contribution in [2.24, 2.45) is 5.92 Å². The van der Waals surface area contributed by atoms with Gasteiger partial charge in [-0.05, 0) is 42.9 Å². The molecule has 0 fully saturated rings. The van der Waals surface area contributed by atoms with Crippen molar-refractivity contribution in [1.82, 2.24) is 0 Å². The lowest BCUT2D eigenvalue weighted by molar-refractivity contribution is 0.690. The van der Waals surface area contributed by atoms with Crippen LogP contribution in [0.2, 0.25) is 0 Å². The Morgan fingerprint density at radius 1 is 1.13 bits per heavy atom.